The van der Waals surface area contributed by atoms with E-state index in [-0.39, 0.29) is 12.4 Å². The predicted molar refractivity (Wildman–Crippen MR) is 90.9 cm³/mol. The van der Waals surface area contributed by atoms with Crippen LogP contribution in [0.5, 0.6) is 0 Å². The molecule has 0 aliphatic rings. The van der Waals surface area contributed by atoms with Gasteiger partial charge in [-0.05, 0) is 37.7 Å². The number of nitrogens with zero attached hydrogens (tertiary/aromatic N) is 2. The molecule has 5 heteroatoms. The Bertz CT molecular complexity index is 424. The Morgan fingerprint density at radius 2 is 1.82 bits per heavy atom. The molecule has 0 unspecified atom stereocenters. The van der Waals surface area contributed by atoms with E-state index < -0.39 is 0 Å². The normalized spacial score (nSPS) is 11.2. The molecule has 2 N–H and O–H groups in total. The number of anilines is 1. The molecular formula is C17H30FN3O. The van der Waals surface area contributed by atoms with E-state index in [0.29, 0.717) is 18.8 Å². The zero-order chi connectivity index (χ0) is 16.4. The van der Waals surface area contributed by atoms with E-state index in [1.54, 1.807) is 0 Å². The standard InChI is InChI=1S/C17H30FN3O/c1-4-20(5-2)10-9-19-14-15-7-8-16(18)17(13-15)21(6-3)11-12-22/h7-8,13,19,22H,4-6,9-12,14H2,1-3H3. The second-order valence-corrected chi connectivity index (χ2v) is 5.29. The van der Waals surface area contributed by atoms with Gasteiger partial charge >= 0.3 is 0 Å². The monoisotopic (exact) mass is 311 g/mol. The summed E-state index contributed by atoms with van der Waals surface area (Å²) in [6, 6.07) is 5.20. The smallest absolute Gasteiger partial charge is 0.146 e. The molecule has 1 aromatic rings. The molecular weight excluding hydrogens is 281 g/mol. The van der Waals surface area contributed by atoms with E-state index in [9.17, 15) is 4.39 Å². The van der Waals surface area contributed by atoms with Gasteiger partial charge in [-0.15, -0.1) is 0 Å². The third-order valence-corrected chi connectivity index (χ3v) is 3.93. The minimum absolute atomic E-state index is 0.0274. The molecule has 0 aliphatic heterocycles. The van der Waals surface area contributed by atoms with E-state index in [4.69, 9.17) is 5.11 Å². The van der Waals surface area contributed by atoms with Gasteiger partial charge in [0.1, 0.15) is 5.82 Å². The minimum atomic E-state index is -0.234. The Labute approximate surface area is 133 Å². The van der Waals surface area contributed by atoms with Crippen molar-refractivity contribution >= 4 is 5.69 Å². The fourth-order valence-electron chi connectivity index (χ4n) is 2.49. The van der Waals surface area contributed by atoms with Gasteiger partial charge in [-0.2, -0.15) is 0 Å². The van der Waals surface area contributed by atoms with Gasteiger partial charge in [-0.25, -0.2) is 4.39 Å². The van der Waals surface area contributed by atoms with Crippen LogP contribution in [0.25, 0.3) is 0 Å². The Balaban J connectivity index is 2.57. The molecule has 0 atom stereocenters. The van der Waals surface area contributed by atoms with Gasteiger partial charge in [0, 0.05) is 32.7 Å². The lowest BCUT2D eigenvalue weighted by molar-refractivity contribution is 0.301. The highest BCUT2D eigenvalue weighted by Crippen LogP contribution is 2.20. The van der Waals surface area contributed by atoms with Crippen LogP contribution in [0.2, 0.25) is 0 Å². The molecule has 0 aliphatic carbocycles. The molecule has 0 saturated heterocycles. The number of benzene rings is 1. The predicted octanol–water partition coefficient (Wildman–Crippen LogP) is 2.08. The molecule has 0 spiro atoms. The summed E-state index contributed by atoms with van der Waals surface area (Å²) in [5.74, 6) is -0.234. The van der Waals surface area contributed by atoms with Crippen LogP contribution < -0.4 is 10.2 Å². The van der Waals surface area contributed by atoms with Crippen molar-refractivity contribution in [2.75, 3.05) is 50.8 Å². The first-order valence-corrected chi connectivity index (χ1v) is 8.23. The molecule has 0 heterocycles. The van der Waals surface area contributed by atoms with Crippen LogP contribution in [0.3, 0.4) is 0 Å². The van der Waals surface area contributed by atoms with Crippen LogP contribution in [-0.2, 0) is 6.54 Å². The van der Waals surface area contributed by atoms with Crippen molar-refractivity contribution in [3.8, 4) is 0 Å². The van der Waals surface area contributed by atoms with Crippen LogP contribution in [0.15, 0.2) is 18.2 Å². The van der Waals surface area contributed by atoms with Crippen molar-refractivity contribution in [3.05, 3.63) is 29.6 Å². The van der Waals surface area contributed by atoms with E-state index in [2.05, 4.69) is 24.1 Å². The molecule has 4 nitrogen and oxygen atoms in total. The largest absolute Gasteiger partial charge is 0.395 e. The van der Waals surface area contributed by atoms with Crippen molar-refractivity contribution in [3.63, 3.8) is 0 Å². The lowest BCUT2D eigenvalue weighted by atomic mass is 10.1. The maximum Gasteiger partial charge on any atom is 0.146 e. The quantitative estimate of drug-likeness (QED) is 0.614. The number of rotatable bonds is 11. The van der Waals surface area contributed by atoms with E-state index in [1.807, 2.05) is 24.0 Å². The molecule has 0 bridgehead atoms. The lowest BCUT2D eigenvalue weighted by Gasteiger charge is -2.23. The average molecular weight is 311 g/mol. The number of hydrogen-bond acceptors (Lipinski definition) is 4. The van der Waals surface area contributed by atoms with Crippen LogP contribution in [-0.4, -0.2) is 55.9 Å². The first-order chi connectivity index (χ1) is 10.7. The number of aliphatic hydroxyl groups excluding tert-OH is 1. The number of halogens is 1. The summed E-state index contributed by atoms with van der Waals surface area (Å²) >= 11 is 0. The molecule has 22 heavy (non-hydrogen) atoms. The third-order valence-electron chi connectivity index (χ3n) is 3.93. The van der Waals surface area contributed by atoms with Crippen molar-refractivity contribution in [2.24, 2.45) is 0 Å². The van der Waals surface area contributed by atoms with Crippen LogP contribution in [0.4, 0.5) is 10.1 Å². The van der Waals surface area contributed by atoms with Crippen LogP contribution in [0.1, 0.15) is 26.3 Å². The highest BCUT2D eigenvalue weighted by atomic mass is 19.1. The summed E-state index contributed by atoms with van der Waals surface area (Å²) in [4.78, 5) is 4.22. The average Bonchev–Trinajstić information content (AvgIpc) is 2.54. The van der Waals surface area contributed by atoms with Crippen molar-refractivity contribution in [1.82, 2.24) is 10.2 Å². The van der Waals surface area contributed by atoms with E-state index in [1.165, 1.54) is 6.07 Å². The Hall–Kier alpha value is -1.17. The Kier molecular flexibility index (Phi) is 9.04. The molecule has 0 amide bonds. The molecule has 1 rings (SSSR count). The van der Waals surface area contributed by atoms with Gasteiger partial charge in [0.25, 0.3) is 0 Å². The summed E-state index contributed by atoms with van der Waals surface area (Å²) in [6.07, 6.45) is 0. The van der Waals surface area contributed by atoms with E-state index >= 15 is 0 Å². The SMILES string of the molecule is CCN(CC)CCNCc1ccc(F)c(N(CC)CCO)c1. The third kappa shape index (κ3) is 5.91. The minimum Gasteiger partial charge on any atom is -0.395 e. The lowest BCUT2D eigenvalue weighted by Crippen LogP contribution is -2.31. The highest BCUT2D eigenvalue weighted by Gasteiger charge is 2.10. The van der Waals surface area contributed by atoms with Crippen LogP contribution >= 0.6 is 0 Å². The Morgan fingerprint density at radius 1 is 1.09 bits per heavy atom. The maximum atomic E-state index is 14.0. The summed E-state index contributed by atoms with van der Waals surface area (Å²) in [6.45, 7) is 12.2. The van der Waals surface area contributed by atoms with Crippen molar-refractivity contribution < 1.29 is 9.50 Å². The van der Waals surface area contributed by atoms with Gasteiger partial charge in [-0.1, -0.05) is 19.9 Å². The fraction of sp³-hybridized carbons (Fsp3) is 0.647. The number of nitrogens with one attached hydrogen (secondary N) is 1. The number of aliphatic hydroxyl groups is 1. The zero-order valence-electron chi connectivity index (χ0n) is 14.1. The first kappa shape index (κ1) is 18.9. The van der Waals surface area contributed by atoms with Crippen molar-refractivity contribution in [2.45, 2.75) is 27.3 Å². The topological polar surface area (TPSA) is 38.7 Å². The molecule has 1 aromatic carbocycles. The van der Waals surface area contributed by atoms with Crippen LogP contribution in [0, 0.1) is 5.82 Å². The molecule has 0 radical (unpaired) electrons. The summed E-state index contributed by atoms with van der Waals surface area (Å²) < 4.78 is 14.0. The molecule has 126 valence electrons. The number of hydrogen-bond donors (Lipinski definition) is 2. The summed E-state index contributed by atoms with van der Waals surface area (Å²) in [5.41, 5.74) is 1.63. The highest BCUT2D eigenvalue weighted by molar-refractivity contribution is 5.50. The second kappa shape index (κ2) is 10.5. The number of likely N-dealkylation sites (N-methyl/N-ethyl adjacent to an activating group) is 2. The molecule has 0 saturated carbocycles. The second-order valence-electron chi connectivity index (χ2n) is 5.29. The van der Waals surface area contributed by atoms with Gasteiger partial charge in [0.2, 0.25) is 0 Å². The Morgan fingerprint density at radius 3 is 2.41 bits per heavy atom. The van der Waals surface area contributed by atoms with E-state index in [0.717, 1.165) is 38.3 Å². The van der Waals surface area contributed by atoms with Gasteiger partial charge in [0.05, 0.1) is 12.3 Å². The first-order valence-electron chi connectivity index (χ1n) is 8.23. The zero-order valence-corrected chi connectivity index (χ0v) is 14.1. The van der Waals surface area contributed by atoms with Gasteiger partial charge in [0.15, 0.2) is 0 Å². The molecule has 0 aromatic heterocycles. The maximum absolute atomic E-state index is 14.0. The summed E-state index contributed by atoms with van der Waals surface area (Å²) in [7, 11) is 0. The van der Waals surface area contributed by atoms with Gasteiger partial charge < -0.3 is 20.2 Å². The summed E-state index contributed by atoms with van der Waals surface area (Å²) in [5, 5.41) is 12.5. The van der Waals surface area contributed by atoms with Gasteiger partial charge in [-0.3, -0.25) is 0 Å². The van der Waals surface area contributed by atoms with Crippen molar-refractivity contribution in [1.29, 1.82) is 0 Å². The molecule has 0 fully saturated rings. The fourth-order valence-corrected chi connectivity index (χ4v) is 2.49.